The van der Waals surface area contributed by atoms with E-state index in [0.717, 1.165) is 38.1 Å². The van der Waals surface area contributed by atoms with Gasteiger partial charge in [-0.25, -0.2) is 0 Å². The van der Waals surface area contributed by atoms with Crippen LogP contribution in [-0.2, 0) is 4.74 Å². The van der Waals surface area contributed by atoms with E-state index in [4.69, 9.17) is 4.74 Å². The number of rotatable bonds is 2. The zero-order chi connectivity index (χ0) is 9.80. The maximum atomic E-state index is 9.32. The molecule has 14 heavy (non-hydrogen) atoms. The largest absolute Gasteiger partial charge is 0.396 e. The molecule has 2 unspecified atom stereocenters. The Kier molecular flexibility index (Phi) is 3.79. The van der Waals surface area contributed by atoms with E-state index in [1.54, 1.807) is 0 Å². The summed E-state index contributed by atoms with van der Waals surface area (Å²) in [6.07, 6.45) is 3.62. The van der Waals surface area contributed by atoms with Gasteiger partial charge in [-0.15, -0.1) is 0 Å². The number of aliphatic hydroxyl groups is 1. The van der Waals surface area contributed by atoms with Gasteiger partial charge >= 0.3 is 0 Å². The van der Waals surface area contributed by atoms with E-state index in [9.17, 15) is 5.11 Å². The summed E-state index contributed by atoms with van der Waals surface area (Å²) in [4.78, 5) is 0. The number of hydrogen-bond acceptors (Lipinski definition) is 3. The van der Waals surface area contributed by atoms with Crippen LogP contribution < -0.4 is 5.32 Å². The first kappa shape index (κ1) is 10.4. The van der Waals surface area contributed by atoms with Crippen molar-refractivity contribution in [3.8, 4) is 0 Å². The molecule has 2 N–H and O–H groups in total. The van der Waals surface area contributed by atoms with Crippen LogP contribution in [0.4, 0.5) is 0 Å². The molecule has 2 aliphatic rings. The second kappa shape index (κ2) is 5.10. The van der Waals surface area contributed by atoms with Crippen molar-refractivity contribution in [3.63, 3.8) is 0 Å². The van der Waals surface area contributed by atoms with Crippen LogP contribution in [-0.4, -0.2) is 38.0 Å². The number of piperidine rings is 1. The standard InChI is InChI=1S/C11H21NO2/c13-8-10-7-12-4-1-11(10)9-2-5-14-6-3-9/h9-13H,1-8H2. The minimum absolute atomic E-state index is 0.342. The van der Waals surface area contributed by atoms with Gasteiger partial charge in [0, 0.05) is 26.4 Å². The first-order valence-electron chi connectivity index (χ1n) is 5.81. The molecule has 2 fully saturated rings. The molecule has 2 saturated heterocycles. The summed E-state index contributed by atoms with van der Waals surface area (Å²) in [6, 6.07) is 0. The van der Waals surface area contributed by atoms with E-state index in [0.29, 0.717) is 12.5 Å². The summed E-state index contributed by atoms with van der Waals surface area (Å²) >= 11 is 0. The highest BCUT2D eigenvalue weighted by molar-refractivity contribution is 4.83. The third kappa shape index (κ3) is 2.27. The Morgan fingerprint density at radius 1 is 1.21 bits per heavy atom. The molecule has 0 aromatic carbocycles. The van der Waals surface area contributed by atoms with Crippen LogP contribution in [0.25, 0.3) is 0 Å². The van der Waals surface area contributed by atoms with Gasteiger partial charge in [0.25, 0.3) is 0 Å². The summed E-state index contributed by atoms with van der Waals surface area (Å²) in [5.74, 6) is 2.00. The predicted molar refractivity (Wildman–Crippen MR) is 55.1 cm³/mol. The molecule has 0 bridgehead atoms. The highest BCUT2D eigenvalue weighted by Gasteiger charge is 2.31. The summed E-state index contributed by atoms with van der Waals surface area (Å²) in [6.45, 7) is 4.31. The molecule has 2 rings (SSSR count). The topological polar surface area (TPSA) is 41.5 Å². The van der Waals surface area contributed by atoms with Crippen LogP contribution in [0.5, 0.6) is 0 Å². The second-order valence-corrected chi connectivity index (χ2v) is 4.55. The highest BCUT2D eigenvalue weighted by atomic mass is 16.5. The van der Waals surface area contributed by atoms with Crippen molar-refractivity contribution in [2.75, 3.05) is 32.9 Å². The number of nitrogens with one attached hydrogen (secondary N) is 1. The Hall–Kier alpha value is -0.120. The van der Waals surface area contributed by atoms with E-state index in [1.807, 2.05) is 0 Å². The lowest BCUT2D eigenvalue weighted by molar-refractivity contribution is 0.0153. The van der Waals surface area contributed by atoms with Gasteiger partial charge in [0.1, 0.15) is 0 Å². The van der Waals surface area contributed by atoms with Crippen LogP contribution in [0, 0.1) is 17.8 Å². The molecular formula is C11H21NO2. The highest BCUT2D eigenvalue weighted by Crippen LogP contribution is 2.33. The number of ether oxygens (including phenoxy) is 1. The summed E-state index contributed by atoms with van der Waals surface area (Å²) < 4.78 is 5.38. The van der Waals surface area contributed by atoms with Crippen LogP contribution in [0.3, 0.4) is 0 Å². The van der Waals surface area contributed by atoms with Crippen LogP contribution >= 0.6 is 0 Å². The van der Waals surface area contributed by atoms with Gasteiger partial charge in [0.15, 0.2) is 0 Å². The fourth-order valence-corrected chi connectivity index (χ4v) is 2.91. The molecule has 0 aromatic heterocycles. The van der Waals surface area contributed by atoms with Crippen molar-refractivity contribution in [3.05, 3.63) is 0 Å². The van der Waals surface area contributed by atoms with E-state index >= 15 is 0 Å². The van der Waals surface area contributed by atoms with E-state index < -0.39 is 0 Å². The molecule has 2 atom stereocenters. The van der Waals surface area contributed by atoms with Gasteiger partial charge in [-0.3, -0.25) is 0 Å². The molecule has 3 nitrogen and oxygen atoms in total. The van der Waals surface area contributed by atoms with Gasteiger partial charge in [-0.2, -0.15) is 0 Å². The van der Waals surface area contributed by atoms with E-state index in [2.05, 4.69) is 5.32 Å². The Labute approximate surface area is 85.8 Å². The quantitative estimate of drug-likeness (QED) is 0.685. The Bertz CT molecular complexity index is 169. The normalized spacial score (nSPS) is 35.8. The van der Waals surface area contributed by atoms with E-state index in [1.165, 1.54) is 19.3 Å². The molecule has 0 saturated carbocycles. The average Bonchev–Trinajstić information content (AvgIpc) is 2.30. The molecule has 0 aromatic rings. The monoisotopic (exact) mass is 199 g/mol. The predicted octanol–water partition coefficient (Wildman–Crippen LogP) is 0.631. The van der Waals surface area contributed by atoms with Crippen molar-refractivity contribution in [1.29, 1.82) is 0 Å². The Morgan fingerprint density at radius 2 is 2.00 bits per heavy atom. The average molecular weight is 199 g/mol. The van der Waals surface area contributed by atoms with Crippen LogP contribution in [0.2, 0.25) is 0 Å². The molecule has 82 valence electrons. The molecule has 3 heteroatoms. The first-order chi connectivity index (χ1) is 6.92. The fourth-order valence-electron chi connectivity index (χ4n) is 2.91. The number of hydrogen-bond donors (Lipinski definition) is 2. The lowest BCUT2D eigenvalue weighted by Gasteiger charge is -2.38. The maximum Gasteiger partial charge on any atom is 0.0474 e. The smallest absolute Gasteiger partial charge is 0.0474 e. The minimum atomic E-state index is 0.342. The Balaban J connectivity index is 1.91. The first-order valence-corrected chi connectivity index (χ1v) is 5.81. The van der Waals surface area contributed by atoms with Crippen molar-refractivity contribution in [2.24, 2.45) is 17.8 Å². The van der Waals surface area contributed by atoms with Gasteiger partial charge in [-0.05, 0) is 43.6 Å². The number of aliphatic hydroxyl groups excluding tert-OH is 1. The van der Waals surface area contributed by atoms with Crippen molar-refractivity contribution >= 4 is 0 Å². The molecular weight excluding hydrogens is 178 g/mol. The van der Waals surface area contributed by atoms with Gasteiger partial charge in [-0.1, -0.05) is 0 Å². The van der Waals surface area contributed by atoms with Crippen LogP contribution in [0.1, 0.15) is 19.3 Å². The molecule has 0 spiro atoms. The third-order valence-corrected chi connectivity index (χ3v) is 3.77. The molecule has 2 aliphatic heterocycles. The van der Waals surface area contributed by atoms with E-state index in [-0.39, 0.29) is 0 Å². The summed E-state index contributed by atoms with van der Waals surface area (Å²) in [5.41, 5.74) is 0. The summed E-state index contributed by atoms with van der Waals surface area (Å²) in [7, 11) is 0. The zero-order valence-corrected chi connectivity index (χ0v) is 8.74. The van der Waals surface area contributed by atoms with Crippen molar-refractivity contribution in [1.82, 2.24) is 5.32 Å². The maximum absolute atomic E-state index is 9.32. The lowest BCUT2D eigenvalue weighted by Crippen LogP contribution is -2.42. The molecule has 0 radical (unpaired) electrons. The fraction of sp³-hybridized carbons (Fsp3) is 1.00. The Morgan fingerprint density at radius 3 is 2.71 bits per heavy atom. The van der Waals surface area contributed by atoms with Gasteiger partial charge < -0.3 is 15.2 Å². The van der Waals surface area contributed by atoms with Gasteiger partial charge in [0.2, 0.25) is 0 Å². The van der Waals surface area contributed by atoms with Crippen molar-refractivity contribution < 1.29 is 9.84 Å². The van der Waals surface area contributed by atoms with Gasteiger partial charge in [0.05, 0.1) is 0 Å². The SMILES string of the molecule is OCC1CNCCC1C1CCOCC1. The molecule has 2 heterocycles. The third-order valence-electron chi connectivity index (χ3n) is 3.77. The molecule has 0 amide bonds. The summed E-state index contributed by atoms with van der Waals surface area (Å²) in [5, 5.41) is 12.7. The second-order valence-electron chi connectivity index (χ2n) is 4.55. The molecule has 0 aliphatic carbocycles. The van der Waals surface area contributed by atoms with Crippen LogP contribution in [0.15, 0.2) is 0 Å². The minimum Gasteiger partial charge on any atom is -0.396 e. The lowest BCUT2D eigenvalue weighted by atomic mass is 9.74. The zero-order valence-electron chi connectivity index (χ0n) is 8.74. The van der Waals surface area contributed by atoms with Crippen molar-refractivity contribution in [2.45, 2.75) is 19.3 Å².